The van der Waals surface area contributed by atoms with E-state index in [1.165, 1.54) is 5.69 Å². The third-order valence-electron chi connectivity index (χ3n) is 4.73. The van der Waals surface area contributed by atoms with Crippen LogP contribution in [0.5, 0.6) is 0 Å². The van der Waals surface area contributed by atoms with Crippen LogP contribution in [0.1, 0.15) is 44.3 Å². The van der Waals surface area contributed by atoms with Crippen LogP contribution >= 0.6 is 0 Å². The predicted octanol–water partition coefficient (Wildman–Crippen LogP) is 2.57. The van der Waals surface area contributed by atoms with Gasteiger partial charge in [-0.3, -0.25) is 4.99 Å². The molecule has 1 fully saturated rings. The van der Waals surface area contributed by atoms with Crippen LogP contribution in [0, 0.1) is 0 Å². The maximum Gasteiger partial charge on any atom is 0.226 e. The Hall–Kier alpha value is -2.57. The minimum absolute atomic E-state index is 0.297. The first-order valence-electron chi connectivity index (χ1n) is 9.75. The van der Waals surface area contributed by atoms with Crippen LogP contribution in [0.25, 0.3) is 0 Å². The summed E-state index contributed by atoms with van der Waals surface area (Å²) in [5, 5.41) is 10.9. The van der Waals surface area contributed by atoms with Gasteiger partial charge in [0, 0.05) is 50.7 Å². The van der Waals surface area contributed by atoms with Crippen molar-refractivity contribution in [3.63, 3.8) is 0 Å². The highest BCUT2D eigenvalue weighted by Crippen LogP contribution is 2.19. The first-order valence-corrected chi connectivity index (χ1v) is 9.75. The molecule has 2 aromatic rings. The number of rotatable bonds is 7. The first kappa shape index (κ1) is 19.2. The number of aliphatic imine (C=N–C) groups is 1. The van der Waals surface area contributed by atoms with Gasteiger partial charge in [-0.25, -0.2) is 0 Å². The second-order valence-corrected chi connectivity index (χ2v) is 7.22. The van der Waals surface area contributed by atoms with Gasteiger partial charge in [-0.15, -0.1) is 0 Å². The van der Waals surface area contributed by atoms with Gasteiger partial charge < -0.3 is 20.1 Å². The summed E-state index contributed by atoms with van der Waals surface area (Å²) in [5.74, 6) is 2.63. The number of guanidine groups is 1. The Balaban J connectivity index is 1.38. The SMILES string of the molecule is CN=C(NCCCc1nc(C(C)C)no1)NC1CCN(c2ccccc2)C1. The van der Waals surface area contributed by atoms with Crippen LogP contribution in [0.15, 0.2) is 39.8 Å². The van der Waals surface area contributed by atoms with Gasteiger partial charge in [-0.1, -0.05) is 37.2 Å². The molecule has 2 heterocycles. The Morgan fingerprint density at radius 3 is 2.85 bits per heavy atom. The molecule has 0 radical (unpaired) electrons. The zero-order valence-corrected chi connectivity index (χ0v) is 16.5. The third kappa shape index (κ3) is 5.45. The average Bonchev–Trinajstić information content (AvgIpc) is 3.34. The lowest BCUT2D eigenvalue weighted by molar-refractivity contribution is 0.368. The van der Waals surface area contributed by atoms with E-state index in [0.717, 1.165) is 50.7 Å². The van der Waals surface area contributed by atoms with Crippen LogP contribution in [0.4, 0.5) is 5.69 Å². The summed E-state index contributed by atoms with van der Waals surface area (Å²) in [6.45, 7) is 6.99. The molecule has 1 aliphatic rings. The number of hydrogen-bond acceptors (Lipinski definition) is 5. The van der Waals surface area contributed by atoms with E-state index in [1.807, 2.05) is 7.05 Å². The average molecular weight is 371 g/mol. The van der Waals surface area contributed by atoms with Crippen LogP contribution in [-0.2, 0) is 6.42 Å². The Labute approximate surface area is 161 Å². The molecule has 1 aliphatic heterocycles. The molecular weight excluding hydrogens is 340 g/mol. The Morgan fingerprint density at radius 1 is 1.33 bits per heavy atom. The molecule has 7 heteroatoms. The van der Waals surface area contributed by atoms with E-state index in [0.29, 0.717) is 17.9 Å². The number of aromatic nitrogens is 2. The smallest absolute Gasteiger partial charge is 0.226 e. The van der Waals surface area contributed by atoms with Gasteiger partial charge >= 0.3 is 0 Å². The second-order valence-electron chi connectivity index (χ2n) is 7.22. The Bertz CT molecular complexity index is 727. The topological polar surface area (TPSA) is 78.6 Å². The van der Waals surface area contributed by atoms with E-state index in [9.17, 15) is 0 Å². The molecule has 27 heavy (non-hydrogen) atoms. The number of para-hydroxylation sites is 1. The molecule has 7 nitrogen and oxygen atoms in total. The molecule has 1 aromatic heterocycles. The summed E-state index contributed by atoms with van der Waals surface area (Å²) in [4.78, 5) is 11.2. The van der Waals surface area contributed by atoms with Crippen LogP contribution < -0.4 is 15.5 Å². The van der Waals surface area contributed by atoms with Crippen molar-refractivity contribution in [1.82, 2.24) is 20.8 Å². The van der Waals surface area contributed by atoms with Crippen LogP contribution in [0.2, 0.25) is 0 Å². The minimum Gasteiger partial charge on any atom is -0.369 e. The molecule has 0 spiro atoms. The molecule has 1 unspecified atom stereocenters. The lowest BCUT2D eigenvalue weighted by Gasteiger charge is -2.20. The zero-order valence-electron chi connectivity index (χ0n) is 16.5. The van der Waals surface area contributed by atoms with Gasteiger partial charge in [0.05, 0.1) is 0 Å². The fourth-order valence-electron chi connectivity index (χ4n) is 3.19. The number of nitrogens with one attached hydrogen (secondary N) is 2. The normalized spacial score (nSPS) is 17.6. The van der Waals surface area contributed by atoms with Crippen molar-refractivity contribution in [2.24, 2.45) is 4.99 Å². The second kappa shape index (κ2) is 9.39. The van der Waals surface area contributed by atoms with Crippen molar-refractivity contribution < 1.29 is 4.52 Å². The zero-order chi connectivity index (χ0) is 19.1. The fraction of sp³-hybridized carbons (Fsp3) is 0.550. The fourth-order valence-corrected chi connectivity index (χ4v) is 3.19. The first-order chi connectivity index (χ1) is 13.2. The summed E-state index contributed by atoms with van der Waals surface area (Å²) < 4.78 is 5.28. The molecule has 1 saturated heterocycles. The molecule has 3 rings (SSSR count). The molecular formula is C20H30N6O. The molecule has 0 aliphatic carbocycles. The predicted molar refractivity (Wildman–Crippen MR) is 108 cm³/mol. The molecule has 0 bridgehead atoms. The summed E-state index contributed by atoms with van der Waals surface area (Å²) in [6, 6.07) is 11.0. The lowest BCUT2D eigenvalue weighted by Crippen LogP contribution is -2.44. The molecule has 2 N–H and O–H groups in total. The molecule has 0 amide bonds. The number of aryl methyl sites for hydroxylation is 1. The van der Waals surface area contributed by atoms with Crippen LogP contribution in [-0.4, -0.2) is 48.8 Å². The van der Waals surface area contributed by atoms with Crippen molar-refractivity contribution >= 4 is 11.6 Å². The van der Waals surface area contributed by atoms with Crippen LogP contribution in [0.3, 0.4) is 0 Å². The molecule has 1 aromatic carbocycles. The Morgan fingerprint density at radius 2 is 2.15 bits per heavy atom. The van der Waals surface area contributed by atoms with Crippen molar-refractivity contribution in [2.45, 2.75) is 45.1 Å². The summed E-state index contributed by atoms with van der Waals surface area (Å²) in [6.07, 6.45) is 2.80. The largest absolute Gasteiger partial charge is 0.369 e. The highest BCUT2D eigenvalue weighted by Gasteiger charge is 2.23. The quantitative estimate of drug-likeness (QED) is 0.443. The minimum atomic E-state index is 0.297. The van der Waals surface area contributed by atoms with E-state index in [4.69, 9.17) is 4.52 Å². The van der Waals surface area contributed by atoms with E-state index < -0.39 is 0 Å². The number of anilines is 1. The van der Waals surface area contributed by atoms with Gasteiger partial charge in [0.2, 0.25) is 5.89 Å². The van der Waals surface area contributed by atoms with Gasteiger partial charge in [-0.05, 0) is 25.0 Å². The van der Waals surface area contributed by atoms with E-state index >= 15 is 0 Å². The van der Waals surface area contributed by atoms with Gasteiger partial charge in [0.15, 0.2) is 11.8 Å². The van der Waals surface area contributed by atoms with Gasteiger partial charge in [0.1, 0.15) is 0 Å². The maximum atomic E-state index is 5.28. The van der Waals surface area contributed by atoms with Crippen molar-refractivity contribution in [3.05, 3.63) is 42.0 Å². The monoisotopic (exact) mass is 370 g/mol. The standard InChI is InChI=1S/C20H30N6O/c1-15(2)19-24-18(27-25-19)10-7-12-22-20(21-3)23-16-11-13-26(14-16)17-8-5-4-6-9-17/h4-6,8-9,15-16H,7,10-14H2,1-3H3,(H2,21,22,23). The number of nitrogens with zero attached hydrogens (tertiary/aromatic N) is 4. The highest BCUT2D eigenvalue weighted by atomic mass is 16.5. The summed E-state index contributed by atoms with van der Waals surface area (Å²) in [7, 11) is 1.81. The molecule has 1 atom stereocenters. The van der Waals surface area contributed by atoms with Crippen molar-refractivity contribution in [3.8, 4) is 0 Å². The maximum absolute atomic E-state index is 5.28. The molecule has 146 valence electrons. The number of hydrogen-bond donors (Lipinski definition) is 2. The van der Waals surface area contributed by atoms with E-state index in [-0.39, 0.29) is 0 Å². The van der Waals surface area contributed by atoms with Crippen molar-refractivity contribution in [2.75, 3.05) is 31.6 Å². The summed E-state index contributed by atoms with van der Waals surface area (Å²) in [5.41, 5.74) is 1.28. The Kier molecular flexibility index (Phi) is 6.68. The highest BCUT2D eigenvalue weighted by molar-refractivity contribution is 5.80. The van der Waals surface area contributed by atoms with Gasteiger partial charge in [-0.2, -0.15) is 4.98 Å². The number of benzene rings is 1. The van der Waals surface area contributed by atoms with Crippen molar-refractivity contribution in [1.29, 1.82) is 0 Å². The van der Waals surface area contributed by atoms with E-state index in [2.05, 4.69) is 74.8 Å². The van der Waals surface area contributed by atoms with Gasteiger partial charge in [0.25, 0.3) is 0 Å². The lowest BCUT2D eigenvalue weighted by atomic mass is 10.2. The molecule has 0 saturated carbocycles. The van der Waals surface area contributed by atoms with E-state index in [1.54, 1.807) is 0 Å². The third-order valence-corrected chi connectivity index (χ3v) is 4.73. The summed E-state index contributed by atoms with van der Waals surface area (Å²) >= 11 is 0.